The maximum Gasteiger partial charge on any atom is 0.321 e. The largest absolute Gasteiger partial charge is 0.380 e. The fraction of sp³-hybridized carbons (Fsp3) is 0.727. The van der Waals surface area contributed by atoms with Crippen molar-refractivity contribution < 1.29 is 9.53 Å². The molecule has 0 aliphatic heterocycles. The first-order valence-electron chi connectivity index (χ1n) is 6.21. The predicted molar refractivity (Wildman–Crippen MR) is 72.0 cm³/mol. The molecule has 0 aliphatic carbocycles. The van der Waals surface area contributed by atoms with Gasteiger partial charge in [-0.3, -0.25) is 5.32 Å². The lowest BCUT2D eigenvalue weighted by Gasteiger charge is -2.04. The molecule has 0 unspecified atom stereocenters. The van der Waals surface area contributed by atoms with Crippen LogP contribution in [0.4, 0.5) is 9.93 Å². The first kappa shape index (κ1) is 14.8. The number of hydrogen-bond donors (Lipinski definition) is 2. The van der Waals surface area contributed by atoms with Crippen molar-refractivity contribution in [3.63, 3.8) is 0 Å². The van der Waals surface area contributed by atoms with Gasteiger partial charge in [-0.1, -0.05) is 24.7 Å². The monoisotopic (exact) mass is 272 g/mol. The molecule has 7 heteroatoms. The Morgan fingerprint density at radius 3 is 2.94 bits per heavy atom. The molecule has 1 aromatic heterocycles. The average molecular weight is 272 g/mol. The summed E-state index contributed by atoms with van der Waals surface area (Å²) in [5.41, 5.74) is 0. The Kier molecular flexibility index (Phi) is 7.28. The van der Waals surface area contributed by atoms with Crippen molar-refractivity contribution in [2.24, 2.45) is 0 Å². The van der Waals surface area contributed by atoms with Gasteiger partial charge in [0.2, 0.25) is 5.13 Å². The maximum absolute atomic E-state index is 11.5. The first-order chi connectivity index (χ1) is 8.76. The Bertz CT molecular complexity index is 357. The molecule has 102 valence electrons. The number of rotatable bonds is 8. The zero-order valence-corrected chi connectivity index (χ0v) is 11.7. The van der Waals surface area contributed by atoms with Gasteiger partial charge in [0.25, 0.3) is 0 Å². The van der Waals surface area contributed by atoms with E-state index in [1.165, 1.54) is 11.3 Å². The Labute approximate surface area is 111 Å². The molecule has 0 aliphatic rings. The molecule has 0 aromatic carbocycles. The molecule has 0 fully saturated rings. The number of anilines is 1. The van der Waals surface area contributed by atoms with E-state index in [0.717, 1.165) is 24.3 Å². The lowest BCUT2D eigenvalue weighted by molar-refractivity contribution is 0.150. The minimum atomic E-state index is -0.270. The number of carbonyl (C=O) groups is 1. The molecule has 1 aromatic rings. The van der Waals surface area contributed by atoms with Gasteiger partial charge in [-0.15, -0.1) is 10.2 Å². The summed E-state index contributed by atoms with van der Waals surface area (Å²) in [6, 6.07) is -0.270. The summed E-state index contributed by atoms with van der Waals surface area (Å²) in [7, 11) is 0. The van der Waals surface area contributed by atoms with Gasteiger partial charge in [-0.2, -0.15) is 0 Å². The van der Waals surface area contributed by atoms with Crippen molar-refractivity contribution >= 4 is 22.5 Å². The third-order valence-corrected chi connectivity index (χ3v) is 3.07. The first-order valence-corrected chi connectivity index (χ1v) is 7.02. The van der Waals surface area contributed by atoms with Gasteiger partial charge in [-0.25, -0.2) is 4.79 Å². The number of amides is 2. The van der Waals surface area contributed by atoms with Crippen molar-refractivity contribution in [3.8, 4) is 0 Å². The van der Waals surface area contributed by atoms with Crippen molar-refractivity contribution in [2.75, 3.05) is 25.1 Å². The quantitative estimate of drug-likeness (QED) is 0.710. The molecule has 0 radical (unpaired) electrons. The van der Waals surface area contributed by atoms with Crippen LogP contribution < -0.4 is 10.6 Å². The highest BCUT2D eigenvalue weighted by Crippen LogP contribution is 2.16. The van der Waals surface area contributed by atoms with E-state index >= 15 is 0 Å². The SMILES string of the molecule is CCCCc1nnc(NC(=O)NCCOCC)s1. The van der Waals surface area contributed by atoms with Crippen molar-refractivity contribution in [1.82, 2.24) is 15.5 Å². The molecular weight excluding hydrogens is 252 g/mol. The number of urea groups is 1. The highest BCUT2D eigenvalue weighted by atomic mass is 32.1. The Hall–Kier alpha value is -1.21. The molecule has 2 N–H and O–H groups in total. The van der Waals surface area contributed by atoms with Crippen LogP contribution in [0.3, 0.4) is 0 Å². The number of nitrogens with zero attached hydrogens (tertiary/aromatic N) is 2. The van der Waals surface area contributed by atoms with Gasteiger partial charge in [0.15, 0.2) is 0 Å². The van der Waals surface area contributed by atoms with Gasteiger partial charge in [0, 0.05) is 19.6 Å². The lowest BCUT2D eigenvalue weighted by atomic mass is 10.3. The number of aryl methyl sites for hydroxylation is 1. The topological polar surface area (TPSA) is 76.1 Å². The van der Waals surface area contributed by atoms with Crippen LogP contribution >= 0.6 is 11.3 Å². The van der Waals surface area contributed by atoms with E-state index in [1.54, 1.807) is 0 Å². The van der Waals surface area contributed by atoms with E-state index in [2.05, 4.69) is 27.8 Å². The zero-order valence-electron chi connectivity index (χ0n) is 10.9. The third kappa shape index (κ3) is 5.92. The molecule has 6 nitrogen and oxygen atoms in total. The Morgan fingerprint density at radius 1 is 1.39 bits per heavy atom. The fourth-order valence-electron chi connectivity index (χ4n) is 1.26. The van der Waals surface area contributed by atoms with Crippen molar-refractivity contribution in [2.45, 2.75) is 33.1 Å². The molecule has 0 bridgehead atoms. The molecule has 0 saturated carbocycles. The summed E-state index contributed by atoms with van der Waals surface area (Å²) in [6.45, 7) is 5.70. The number of aromatic nitrogens is 2. The van der Waals surface area contributed by atoms with E-state index in [0.29, 0.717) is 24.9 Å². The maximum atomic E-state index is 11.5. The normalized spacial score (nSPS) is 10.3. The van der Waals surface area contributed by atoms with Crippen LogP contribution in [0.15, 0.2) is 0 Å². The van der Waals surface area contributed by atoms with Gasteiger partial charge in [0.05, 0.1) is 6.61 Å². The van der Waals surface area contributed by atoms with Crippen LogP contribution in [-0.2, 0) is 11.2 Å². The highest BCUT2D eigenvalue weighted by molar-refractivity contribution is 7.15. The second kappa shape index (κ2) is 8.82. The number of nitrogens with one attached hydrogen (secondary N) is 2. The number of ether oxygens (including phenoxy) is 1. The third-order valence-electron chi connectivity index (χ3n) is 2.17. The molecule has 18 heavy (non-hydrogen) atoms. The van der Waals surface area contributed by atoms with E-state index in [-0.39, 0.29) is 6.03 Å². The Balaban J connectivity index is 2.24. The van der Waals surface area contributed by atoms with Crippen molar-refractivity contribution in [1.29, 1.82) is 0 Å². The van der Waals surface area contributed by atoms with Gasteiger partial charge >= 0.3 is 6.03 Å². The minimum absolute atomic E-state index is 0.270. The van der Waals surface area contributed by atoms with Gasteiger partial charge in [-0.05, 0) is 13.3 Å². The van der Waals surface area contributed by atoms with Crippen molar-refractivity contribution in [3.05, 3.63) is 5.01 Å². The van der Waals surface area contributed by atoms with Gasteiger partial charge in [0.1, 0.15) is 5.01 Å². The summed E-state index contributed by atoms with van der Waals surface area (Å²) in [4.78, 5) is 11.5. The molecule has 1 rings (SSSR count). The highest BCUT2D eigenvalue weighted by Gasteiger charge is 2.07. The Morgan fingerprint density at radius 2 is 2.22 bits per heavy atom. The number of unbranched alkanes of at least 4 members (excludes halogenated alkanes) is 1. The molecule has 2 amide bonds. The van der Waals surface area contributed by atoms with Crippen LogP contribution in [0.5, 0.6) is 0 Å². The second-order valence-electron chi connectivity index (χ2n) is 3.68. The zero-order chi connectivity index (χ0) is 13.2. The molecule has 1 heterocycles. The number of hydrogen-bond acceptors (Lipinski definition) is 5. The molecule has 0 saturated heterocycles. The van der Waals surface area contributed by atoms with E-state index in [1.807, 2.05) is 6.92 Å². The summed E-state index contributed by atoms with van der Waals surface area (Å²) in [6.07, 6.45) is 3.14. The minimum Gasteiger partial charge on any atom is -0.380 e. The smallest absolute Gasteiger partial charge is 0.321 e. The van der Waals surface area contributed by atoms with Crippen LogP contribution in [0.25, 0.3) is 0 Å². The molecular formula is C11H20N4O2S. The standard InChI is InChI=1S/C11H20N4O2S/c1-3-5-6-9-14-15-11(18-9)13-10(16)12-7-8-17-4-2/h3-8H2,1-2H3,(H2,12,13,15,16). The molecule has 0 spiro atoms. The van der Waals surface area contributed by atoms with Crippen LogP contribution in [0, 0.1) is 0 Å². The van der Waals surface area contributed by atoms with E-state index < -0.39 is 0 Å². The van der Waals surface area contributed by atoms with Crippen LogP contribution in [0.1, 0.15) is 31.7 Å². The second-order valence-corrected chi connectivity index (χ2v) is 4.74. The number of carbonyl (C=O) groups excluding carboxylic acids is 1. The molecule has 0 atom stereocenters. The van der Waals surface area contributed by atoms with E-state index in [9.17, 15) is 4.79 Å². The summed E-state index contributed by atoms with van der Waals surface area (Å²) in [5, 5.41) is 14.8. The summed E-state index contributed by atoms with van der Waals surface area (Å²) >= 11 is 1.42. The van der Waals surface area contributed by atoms with E-state index in [4.69, 9.17) is 4.74 Å². The lowest BCUT2D eigenvalue weighted by Crippen LogP contribution is -2.31. The van der Waals surface area contributed by atoms with Crippen LogP contribution in [0.2, 0.25) is 0 Å². The summed E-state index contributed by atoms with van der Waals surface area (Å²) in [5.74, 6) is 0. The van der Waals surface area contributed by atoms with Gasteiger partial charge < -0.3 is 10.1 Å². The fourth-order valence-corrected chi connectivity index (χ4v) is 2.03. The summed E-state index contributed by atoms with van der Waals surface area (Å²) < 4.78 is 5.11. The predicted octanol–water partition coefficient (Wildman–Crippen LogP) is 2.04. The average Bonchev–Trinajstić information content (AvgIpc) is 2.80. The van der Waals surface area contributed by atoms with Crippen LogP contribution in [-0.4, -0.2) is 36.0 Å².